The minimum atomic E-state index is 0.258. The van der Waals surface area contributed by atoms with Gasteiger partial charge in [0, 0.05) is 7.11 Å². The summed E-state index contributed by atoms with van der Waals surface area (Å²) in [5.41, 5.74) is 7.87. The molecule has 0 aliphatic rings. The van der Waals surface area contributed by atoms with Crippen molar-refractivity contribution in [3.63, 3.8) is 0 Å². The molecule has 4 heteroatoms. The highest BCUT2D eigenvalue weighted by molar-refractivity contribution is 6.32. The summed E-state index contributed by atoms with van der Waals surface area (Å²) in [5.74, 6) is 0.926. The van der Waals surface area contributed by atoms with Crippen LogP contribution in [0.5, 0.6) is 5.75 Å². The van der Waals surface area contributed by atoms with Gasteiger partial charge < -0.3 is 15.2 Å². The molecule has 16 heavy (non-hydrogen) atoms. The van der Waals surface area contributed by atoms with E-state index in [-0.39, 0.29) is 5.92 Å². The molecule has 0 aromatic heterocycles. The van der Waals surface area contributed by atoms with Gasteiger partial charge >= 0.3 is 0 Å². The molecule has 1 aromatic rings. The molecule has 0 aliphatic carbocycles. The van der Waals surface area contributed by atoms with Crippen molar-refractivity contribution in [2.75, 3.05) is 20.8 Å². The van der Waals surface area contributed by atoms with E-state index in [1.807, 2.05) is 12.1 Å². The molecule has 1 atom stereocenters. The van der Waals surface area contributed by atoms with Gasteiger partial charge in [0.15, 0.2) is 0 Å². The van der Waals surface area contributed by atoms with Crippen LogP contribution in [0.25, 0.3) is 0 Å². The van der Waals surface area contributed by atoms with Crippen LogP contribution in [0.15, 0.2) is 12.1 Å². The van der Waals surface area contributed by atoms with Crippen molar-refractivity contribution in [3.05, 3.63) is 28.3 Å². The molecule has 0 spiro atoms. The molecule has 1 rings (SSSR count). The minimum absolute atomic E-state index is 0.258. The molecule has 1 unspecified atom stereocenters. The van der Waals surface area contributed by atoms with Crippen LogP contribution in [0.1, 0.15) is 24.0 Å². The maximum absolute atomic E-state index is 6.10. The summed E-state index contributed by atoms with van der Waals surface area (Å²) >= 11 is 6.10. The maximum Gasteiger partial charge on any atom is 0.137 e. The van der Waals surface area contributed by atoms with Crippen LogP contribution in [0, 0.1) is 0 Å². The molecule has 1 aromatic carbocycles. The predicted octanol–water partition coefficient (Wildman–Crippen LogP) is 2.56. The third kappa shape index (κ3) is 2.88. The van der Waals surface area contributed by atoms with Gasteiger partial charge in [0.05, 0.1) is 18.7 Å². The molecule has 2 N–H and O–H groups in total. The van der Waals surface area contributed by atoms with E-state index in [2.05, 4.69) is 6.92 Å². The molecule has 0 saturated carbocycles. The summed E-state index contributed by atoms with van der Waals surface area (Å²) in [6.07, 6.45) is 0. The van der Waals surface area contributed by atoms with Crippen molar-refractivity contribution in [1.29, 1.82) is 0 Å². The first-order valence-corrected chi connectivity index (χ1v) is 5.57. The van der Waals surface area contributed by atoms with E-state index in [0.29, 0.717) is 23.9 Å². The summed E-state index contributed by atoms with van der Waals surface area (Å²) < 4.78 is 10.3. The number of methoxy groups -OCH3 is 2. The third-order valence-electron chi connectivity index (χ3n) is 2.60. The second kappa shape index (κ2) is 6.09. The second-order valence-electron chi connectivity index (χ2n) is 3.76. The highest BCUT2D eigenvalue weighted by Gasteiger charge is 2.13. The fraction of sp³-hybridized carbons (Fsp3) is 0.500. The van der Waals surface area contributed by atoms with E-state index < -0.39 is 0 Å². The van der Waals surface area contributed by atoms with Gasteiger partial charge in [0.1, 0.15) is 5.75 Å². The molecule has 90 valence electrons. The van der Waals surface area contributed by atoms with E-state index in [4.69, 9.17) is 26.8 Å². The Labute approximate surface area is 101 Å². The van der Waals surface area contributed by atoms with Crippen LogP contribution < -0.4 is 10.5 Å². The summed E-state index contributed by atoms with van der Waals surface area (Å²) in [5, 5.41) is 0.609. The van der Waals surface area contributed by atoms with Crippen LogP contribution in [-0.4, -0.2) is 20.8 Å². The third-order valence-corrected chi connectivity index (χ3v) is 2.89. The van der Waals surface area contributed by atoms with E-state index in [1.165, 1.54) is 0 Å². The monoisotopic (exact) mass is 243 g/mol. The van der Waals surface area contributed by atoms with Crippen molar-refractivity contribution in [2.45, 2.75) is 19.4 Å². The summed E-state index contributed by atoms with van der Waals surface area (Å²) in [6.45, 7) is 3.18. The first-order chi connectivity index (χ1) is 7.63. The van der Waals surface area contributed by atoms with Gasteiger partial charge in [-0.25, -0.2) is 0 Å². The fourth-order valence-electron chi connectivity index (χ4n) is 1.63. The average molecular weight is 244 g/mol. The summed E-state index contributed by atoms with van der Waals surface area (Å²) in [4.78, 5) is 0. The average Bonchev–Trinajstić information content (AvgIpc) is 2.30. The van der Waals surface area contributed by atoms with Crippen LogP contribution in [0.2, 0.25) is 5.02 Å². The molecule has 3 nitrogen and oxygen atoms in total. The van der Waals surface area contributed by atoms with Gasteiger partial charge in [-0.2, -0.15) is 0 Å². The minimum Gasteiger partial charge on any atom is -0.495 e. The lowest BCUT2D eigenvalue weighted by molar-refractivity contribution is 0.183. The number of benzene rings is 1. The Morgan fingerprint density at radius 3 is 2.56 bits per heavy atom. The van der Waals surface area contributed by atoms with Crippen molar-refractivity contribution in [3.8, 4) is 5.75 Å². The summed E-state index contributed by atoms with van der Waals surface area (Å²) in [6, 6.07) is 3.82. The SMILES string of the molecule is COCc1cc(OC)c(Cl)cc1C(C)CN. The summed E-state index contributed by atoms with van der Waals surface area (Å²) in [7, 11) is 3.27. The van der Waals surface area contributed by atoms with Gasteiger partial charge in [-0.05, 0) is 35.7 Å². The van der Waals surface area contributed by atoms with Gasteiger partial charge in [-0.1, -0.05) is 18.5 Å². The molecule has 0 fully saturated rings. The van der Waals surface area contributed by atoms with Crippen molar-refractivity contribution in [1.82, 2.24) is 0 Å². The Bertz CT molecular complexity index is 355. The number of hydrogen-bond acceptors (Lipinski definition) is 3. The van der Waals surface area contributed by atoms with Crippen LogP contribution in [0.3, 0.4) is 0 Å². The highest BCUT2D eigenvalue weighted by Crippen LogP contribution is 2.31. The number of rotatable bonds is 5. The highest BCUT2D eigenvalue weighted by atomic mass is 35.5. The Morgan fingerprint density at radius 2 is 2.06 bits per heavy atom. The first-order valence-electron chi connectivity index (χ1n) is 5.19. The van der Waals surface area contributed by atoms with E-state index >= 15 is 0 Å². The number of nitrogens with two attached hydrogens (primary N) is 1. The van der Waals surface area contributed by atoms with Crippen molar-refractivity contribution in [2.24, 2.45) is 5.73 Å². The Morgan fingerprint density at radius 1 is 1.38 bits per heavy atom. The molecule has 0 heterocycles. The zero-order valence-electron chi connectivity index (χ0n) is 9.92. The lowest BCUT2D eigenvalue weighted by Gasteiger charge is -2.16. The van der Waals surface area contributed by atoms with Gasteiger partial charge in [0.25, 0.3) is 0 Å². The molecular formula is C12H18ClNO2. The van der Waals surface area contributed by atoms with Gasteiger partial charge in [-0.3, -0.25) is 0 Å². The largest absolute Gasteiger partial charge is 0.495 e. The van der Waals surface area contributed by atoms with E-state index in [9.17, 15) is 0 Å². The molecule has 0 bridgehead atoms. The van der Waals surface area contributed by atoms with Crippen LogP contribution in [-0.2, 0) is 11.3 Å². The molecule has 0 saturated heterocycles. The number of hydrogen-bond donors (Lipinski definition) is 1. The normalized spacial score (nSPS) is 12.6. The van der Waals surface area contributed by atoms with Crippen molar-refractivity contribution < 1.29 is 9.47 Å². The lowest BCUT2D eigenvalue weighted by Crippen LogP contribution is -2.11. The predicted molar refractivity (Wildman–Crippen MR) is 66.2 cm³/mol. The lowest BCUT2D eigenvalue weighted by atomic mass is 9.96. The van der Waals surface area contributed by atoms with Crippen molar-refractivity contribution >= 4 is 11.6 Å². The Balaban J connectivity index is 3.18. The fourth-order valence-corrected chi connectivity index (χ4v) is 1.88. The number of halogens is 1. The molecule has 0 aliphatic heterocycles. The zero-order chi connectivity index (χ0) is 12.1. The first kappa shape index (κ1) is 13.3. The zero-order valence-corrected chi connectivity index (χ0v) is 10.7. The second-order valence-corrected chi connectivity index (χ2v) is 4.16. The van der Waals surface area contributed by atoms with E-state index in [0.717, 1.165) is 11.1 Å². The van der Waals surface area contributed by atoms with Crippen LogP contribution >= 0.6 is 11.6 Å². The van der Waals surface area contributed by atoms with E-state index in [1.54, 1.807) is 14.2 Å². The maximum atomic E-state index is 6.10. The van der Waals surface area contributed by atoms with Gasteiger partial charge in [0.2, 0.25) is 0 Å². The quantitative estimate of drug-likeness (QED) is 0.865. The van der Waals surface area contributed by atoms with Crippen LogP contribution in [0.4, 0.5) is 0 Å². The smallest absolute Gasteiger partial charge is 0.137 e. The molecule has 0 radical (unpaired) electrons. The van der Waals surface area contributed by atoms with Gasteiger partial charge in [-0.15, -0.1) is 0 Å². The Hall–Kier alpha value is -0.770. The standard InChI is InChI=1S/C12H18ClNO2/c1-8(6-14)10-5-11(13)12(16-3)4-9(10)7-15-2/h4-5,8H,6-7,14H2,1-3H3. The number of ether oxygens (including phenoxy) is 2. The molecule has 0 amide bonds. The Kier molecular flexibility index (Phi) is 5.06. The topological polar surface area (TPSA) is 44.5 Å². The molecular weight excluding hydrogens is 226 g/mol.